The van der Waals surface area contributed by atoms with E-state index in [1.165, 1.54) is 0 Å². The average molecular weight is 382 g/mol. The lowest BCUT2D eigenvalue weighted by molar-refractivity contribution is -0.394. The number of amides is 1. The third-order valence-electron chi connectivity index (χ3n) is 3.82. The largest absolute Gasteiger partial charge is 0.502 e. The normalized spacial score (nSPS) is 11.9. The van der Waals surface area contributed by atoms with Gasteiger partial charge in [-0.1, -0.05) is 30.3 Å². The van der Waals surface area contributed by atoms with Crippen LogP contribution in [0.4, 0.5) is 11.4 Å². The summed E-state index contributed by atoms with van der Waals surface area (Å²) < 4.78 is 0. The van der Waals surface area contributed by atoms with Crippen molar-refractivity contribution in [2.45, 2.75) is 13.0 Å². The zero-order valence-electron chi connectivity index (χ0n) is 14.5. The Kier molecular flexibility index (Phi) is 6.03. The van der Waals surface area contributed by atoms with Crippen LogP contribution < -0.4 is 5.32 Å². The number of carbonyl (C=O) groups is 1. The SMILES string of the molecule is C[C@@H](NC(=O)/C(C#N)=C\c1cc([N+](=O)[O-])cc([N+](=O)[O-])c1O)c1ccccc1. The molecule has 0 unspecified atom stereocenters. The van der Waals surface area contributed by atoms with Crippen molar-refractivity contribution in [2.24, 2.45) is 0 Å². The first-order valence-electron chi connectivity index (χ1n) is 7.88. The standard InChI is InChI=1S/C18H14N4O6/c1-11(12-5-3-2-4-6-12)20-18(24)14(10-19)7-13-8-15(21(25)26)9-16(17(13)23)22(27)28/h2-9,11,23H,1H3,(H,20,24)/b14-7-/t11-/m1/s1. The molecule has 2 aromatic rings. The van der Waals surface area contributed by atoms with Crippen LogP contribution in [0.15, 0.2) is 48.0 Å². The number of nitrogens with zero attached hydrogens (tertiary/aromatic N) is 3. The molecule has 2 aromatic carbocycles. The van der Waals surface area contributed by atoms with Gasteiger partial charge in [0.1, 0.15) is 11.6 Å². The van der Waals surface area contributed by atoms with Crippen LogP contribution in [0.1, 0.15) is 24.1 Å². The van der Waals surface area contributed by atoms with Crippen molar-refractivity contribution in [2.75, 3.05) is 0 Å². The number of nitrogens with one attached hydrogen (secondary N) is 1. The summed E-state index contributed by atoms with van der Waals surface area (Å²) in [6, 6.07) is 11.5. The molecular formula is C18H14N4O6. The minimum atomic E-state index is -0.997. The molecule has 0 aliphatic carbocycles. The Bertz CT molecular complexity index is 1010. The summed E-state index contributed by atoms with van der Waals surface area (Å²) in [4.78, 5) is 32.4. The Labute approximate surface area is 158 Å². The Balaban J connectivity index is 2.41. The van der Waals surface area contributed by atoms with E-state index in [4.69, 9.17) is 0 Å². The molecule has 0 heterocycles. The van der Waals surface area contributed by atoms with Gasteiger partial charge in [-0.3, -0.25) is 25.0 Å². The molecule has 2 N–H and O–H groups in total. The first-order chi connectivity index (χ1) is 13.2. The van der Waals surface area contributed by atoms with Gasteiger partial charge in [-0.15, -0.1) is 0 Å². The smallest absolute Gasteiger partial charge is 0.318 e. The fourth-order valence-corrected chi connectivity index (χ4v) is 2.38. The summed E-state index contributed by atoms with van der Waals surface area (Å²) in [6.07, 6.45) is 0.863. The number of nitro groups is 2. The molecule has 0 bridgehead atoms. The minimum absolute atomic E-state index is 0.389. The second-order valence-corrected chi connectivity index (χ2v) is 5.69. The van der Waals surface area contributed by atoms with Crippen molar-refractivity contribution in [1.82, 2.24) is 5.32 Å². The molecule has 2 rings (SSSR count). The number of hydrogen-bond donors (Lipinski definition) is 2. The fourth-order valence-electron chi connectivity index (χ4n) is 2.38. The molecular weight excluding hydrogens is 368 g/mol. The van der Waals surface area contributed by atoms with Gasteiger partial charge in [-0.2, -0.15) is 5.26 Å². The summed E-state index contributed by atoms with van der Waals surface area (Å²) in [6.45, 7) is 1.69. The topological polar surface area (TPSA) is 159 Å². The van der Waals surface area contributed by atoms with Gasteiger partial charge in [0.15, 0.2) is 0 Å². The average Bonchev–Trinajstić information content (AvgIpc) is 2.67. The molecule has 0 aliphatic rings. The molecule has 1 atom stereocenters. The highest BCUT2D eigenvalue weighted by Gasteiger charge is 2.24. The number of phenols is 1. The highest BCUT2D eigenvalue weighted by Crippen LogP contribution is 2.35. The van der Waals surface area contributed by atoms with Crippen LogP contribution in [-0.2, 0) is 4.79 Å². The number of carbonyl (C=O) groups excluding carboxylic acids is 1. The van der Waals surface area contributed by atoms with Crippen LogP contribution in [0.25, 0.3) is 6.08 Å². The third kappa shape index (κ3) is 4.47. The first-order valence-corrected chi connectivity index (χ1v) is 7.88. The number of rotatable bonds is 6. The van der Waals surface area contributed by atoms with Crippen LogP contribution in [-0.4, -0.2) is 20.9 Å². The van der Waals surface area contributed by atoms with E-state index in [2.05, 4.69) is 5.32 Å². The van der Waals surface area contributed by atoms with E-state index in [9.17, 15) is 35.4 Å². The van der Waals surface area contributed by atoms with E-state index >= 15 is 0 Å². The molecule has 0 radical (unpaired) electrons. The van der Waals surface area contributed by atoms with E-state index in [1.807, 2.05) is 0 Å². The molecule has 28 heavy (non-hydrogen) atoms. The summed E-state index contributed by atoms with van der Waals surface area (Å²) >= 11 is 0. The van der Waals surface area contributed by atoms with Crippen LogP contribution in [0.2, 0.25) is 0 Å². The zero-order valence-corrected chi connectivity index (χ0v) is 14.5. The maximum absolute atomic E-state index is 12.4. The van der Waals surface area contributed by atoms with E-state index < -0.39 is 44.5 Å². The molecule has 10 heteroatoms. The zero-order chi connectivity index (χ0) is 20.8. The van der Waals surface area contributed by atoms with Crippen LogP contribution in [0.5, 0.6) is 5.75 Å². The molecule has 0 fully saturated rings. The number of non-ortho nitro benzene ring substituents is 1. The number of nitro benzene ring substituents is 2. The summed E-state index contributed by atoms with van der Waals surface area (Å²) in [5.74, 6) is -1.68. The van der Waals surface area contributed by atoms with Gasteiger partial charge in [-0.05, 0) is 18.6 Å². The third-order valence-corrected chi connectivity index (χ3v) is 3.82. The predicted molar refractivity (Wildman–Crippen MR) is 98.0 cm³/mol. The van der Waals surface area contributed by atoms with E-state index in [0.29, 0.717) is 6.07 Å². The van der Waals surface area contributed by atoms with Crippen molar-refractivity contribution in [3.8, 4) is 11.8 Å². The molecule has 142 valence electrons. The van der Waals surface area contributed by atoms with Gasteiger partial charge < -0.3 is 10.4 Å². The van der Waals surface area contributed by atoms with Crippen LogP contribution in [0.3, 0.4) is 0 Å². The van der Waals surface area contributed by atoms with Crippen LogP contribution >= 0.6 is 0 Å². The van der Waals surface area contributed by atoms with Crippen molar-refractivity contribution in [3.05, 3.63) is 79.4 Å². The quantitative estimate of drug-likeness (QED) is 0.336. The number of aromatic hydroxyl groups is 1. The van der Waals surface area contributed by atoms with E-state index in [0.717, 1.165) is 17.7 Å². The molecule has 0 aliphatic heterocycles. The van der Waals surface area contributed by atoms with Gasteiger partial charge in [0.2, 0.25) is 5.75 Å². The van der Waals surface area contributed by atoms with E-state index in [-0.39, 0.29) is 5.56 Å². The summed E-state index contributed by atoms with van der Waals surface area (Å²) in [5, 5.41) is 43.8. The maximum Gasteiger partial charge on any atom is 0.318 e. The van der Waals surface area contributed by atoms with Gasteiger partial charge in [0.05, 0.1) is 22.0 Å². The molecule has 10 nitrogen and oxygen atoms in total. The number of benzene rings is 2. The lowest BCUT2D eigenvalue weighted by atomic mass is 10.1. The lowest BCUT2D eigenvalue weighted by Gasteiger charge is -2.13. The highest BCUT2D eigenvalue weighted by atomic mass is 16.6. The summed E-state index contributed by atoms with van der Waals surface area (Å²) in [7, 11) is 0. The first kappa shape index (κ1) is 20.1. The minimum Gasteiger partial charge on any atom is -0.502 e. The lowest BCUT2D eigenvalue weighted by Crippen LogP contribution is -2.27. The van der Waals surface area contributed by atoms with Crippen molar-refractivity contribution >= 4 is 23.4 Å². The Morgan fingerprint density at radius 2 is 1.86 bits per heavy atom. The van der Waals surface area contributed by atoms with Crippen LogP contribution in [0, 0.1) is 31.6 Å². The van der Waals surface area contributed by atoms with Gasteiger partial charge in [-0.25, -0.2) is 0 Å². The molecule has 0 spiro atoms. The second kappa shape index (κ2) is 8.41. The monoisotopic (exact) mass is 382 g/mol. The fraction of sp³-hybridized carbons (Fsp3) is 0.111. The van der Waals surface area contributed by atoms with Gasteiger partial charge in [0.25, 0.3) is 11.6 Å². The highest BCUT2D eigenvalue weighted by molar-refractivity contribution is 6.02. The van der Waals surface area contributed by atoms with Crippen molar-refractivity contribution in [3.63, 3.8) is 0 Å². The van der Waals surface area contributed by atoms with Gasteiger partial charge in [0, 0.05) is 11.6 Å². The molecule has 0 aromatic heterocycles. The van der Waals surface area contributed by atoms with E-state index in [1.54, 1.807) is 43.3 Å². The molecule has 1 amide bonds. The maximum atomic E-state index is 12.4. The second-order valence-electron chi connectivity index (χ2n) is 5.69. The number of nitriles is 1. The Morgan fingerprint density at radius 3 is 2.39 bits per heavy atom. The van der Waals surface area contributed by atoms with Crippen molar-refractivity contribution in [1.29, 1.82) is 5.26 Å². The number of hydrogen-bond acceptors (Lipinski definition) is 7. The predicted octanol–water partition coefficient (Wildman–Crippen LogP) is 2.99. The molecule has 0 saturated heterocycles. The van der Waals surface area contributed by atoms with Gasteiger partial charge >= 0.3 is 5.69 Å². The summed E-state index contributed by atoms with van der Waals surface area (Å²) in [5.41, 5.74) is -1.66. The Morgan fingerprint density at radius 1 is 1.21 bits per heavy atom. The number of phenolic OH excluding ortho intramolecular Hbond substituents is 1. The molecule has 0 saturated carbocycles. The van der Waals surface area contributed by atoms with Crippen molar-refractivity contribution < 1.29 is 19.7 Å². The Hall–Kier alpha value is -4.26.